The second kappa shape index (κ2) is 6.17. The average Bonchev–Trinajstić information content (AvgIpc) is 2.26. The summed E-state index contributed by atoms with van der Waals surface area (Å²) in [6.07, 6.45) is -4.84. The van der Waals surface area contributed by atoms with Gasteiger partial charge in [-0.05, 0) is 20.8 Å². The van der Waals surface area contributed by atoms with Gasteiger partial charge in [-0.15, -0.1) is 0 Å². The Morgan fingerprint density at radius 1 is 1.20 bits per heavy atom. The standard InChI is InChI=1S/C12H22F3N3O2/c1-11(2,3)20-10(19)18-6-4-17(5-7-18)9(8-16)12(13,14)15/h9H,4-8,16H2,1-3H3/t9-/m1/s1. The lowest BCUT2D eigenvalue weighted by molar-refractivity contribution is -0.184. The monoisotopic (exact) mass is 297 g/mol. The third kappa shape index (κ3) is 4.82. The Hall–Kier alpha value is -1.02. The average molecular weight is 297 g/mol. The molecular weight excluding hydrogens is 275 g/mol. The lowest BCUT2D eigenvalue weighted by atomic mass is 10.2. The zero-order valence-corrected chi connectivity index (χ0v) is 12.0. The van der Waals surface area contributed by atoms with Crippen molar-refractivity contribution in [2.45, 2.75) is 38.6 Å². The van der Waals surface area contributed by atoms with Gasteiger partial charge in [-0.1, -0.05) is 0 Å². The summed E-state index contributed by atoms with van der Waals surface area (Å²) in [6.45, 7) is 5.46. The number of halogens is 3. The van der Waals surface area contributed by atoms with Crippen molar-refractivity contribution in [2.24, 2.45) is 5.73 Å². The van der Waals surface area contributed by atoms with Crippen LogP contribution in [0.5, 0.6) is 0 Å². The molecule has 1 atom stereocenters. The molecular formula is C12H22F3N3O2. The van der Waals surface area contributed by atoms with Crippen molar-refractivity contribution < 1.29 is 22.7 Å². The highest BCUT2D eigenvalue weighted by Gasteiger charge is 2.43. The minimum absolute atomic E-state index is 0.140. The molecule has 1 aliphatic rings. The first kappa shape index (κ1) is 17.0. The highest BCUT2D eigenvalue weighted by molar-refractivity contribution is 5.68. The van der Waals surface area contributed by atoms with E-state index in [1.165, 1.54) is 9.80 Å². The third-order valence-corrected chi connectivity index (χ3v) is 3.01. The van der Waals surface area contributed by atoms with E-state index >= 15 is 0 Å². The van der Waals surface area contributed by atoms with E-state index in [9.17, 15) is 18.0 Å². The number of piperazine rings is 1. The molecule has 0 saturated carbocycles. The number of carbonyl (C=O) groups is 1. The van der Waals surface area contributed by atoms with Gasteiger partial charge in [0.2, 0.25) is 0 Å². The number of carbonyl (C=O) groups excluding carboxylic acids is 1. The summed E-state index contributed by atoms with van der Waals surface area (Å²) in [5, 5.41) is 0. The summed E-state index contributed by atoms with van der Waals surface area (Å²) in [5.74, 6) is 0. The van der Waals surface area contributed by atoms with Crippen LogP contribution in [0, 0.1) is 0 Å². The topological polar surface area (TPSA) is 58.8 Å². The van der Waals surface area contributed by atoms with Crippen LogP contribution in [-0.2, 0) is 4.74 Å². The van der Waals surface area contributed by atoms with Crippen LogP contribution in [-0.4, -0.2) is 66.4 Å². The fraction of sp³-hybridized carbons (Fsp3) is 0.917. The molecule has 0 aromatic rings. The largest absolute Gasteiger partial charge is 0.444 e. The summed E-state index contributed by atoms with van der Waals surface area (Å²) in [5.41, 5.74) is 4.59. The van der Waals surface area contributed by atoms with Gasteiger partial charge in [0.05, 0.1) is 0 Å². The summed E-state index contributed by atoms with van der Waals surface area (Å²) in [4.78, 5) is 14.5. The predicted molar refractivity (Wildman–Crippen MR) is 68.3 cm³/mol. The molecule has 5 nitrogen and oxygen atoms in total. The molecule has 0 unspecified atom stereocenters. The summed E-state index contributed by atoms with van der Waals surface area (Å²) >= 11 is 0. The number of nitrogens with zero attached hydrogens (tertiary/aromatic N) is 2. The number of nitrogens with two attached hydrogens (primary N) is 1. The fourth-order valence-corrected chi connectivity index (χ4v) is 2.03. The Morgan fingerprint density at radius 2 is 1.70 bits per heavy atom. The first-order chi connectivity index (χ1) is 9.04. The quantitative estimate of drug-likeness (QED) is 0.837. The molecule has 0 radical (unpaired) electrons. The maximum absolute atomic E-state index is 12.8. The van der Waals surface area contributed by atoms with Gasteiger partial charge in [0.1, 0.15) is 11.6 Å². The number of rotatable bonds is 2. The van der Waals surface area contributed by atoms with Crippen LogP contribution in [0.2, 0.25) is 0 Å². The van der Waals surface area contributed by atoms with Gasteiger partial charge in [-0.25, -0.2) is 4.79 Å². The molecule has 1 rings (SSSR count). The lowest BCUT2D eigenvalue weighted by Gasteiger charge is -2.39. The Balaban J connectivity index is 2.53. The van der Waals surface area contributed by atoms with Crippen LogP contribution in [0.4, 0.5) is 18.0 Å². The van der Waals surface area contributed by atoms with E-state index in [0.29, 0.717) is 0 Å². The summed E-state index contributed by atoms with van der Waals surface area (Å²) < 4.78 is 43.5. The fourth-order valence-electron chi connectivity index (χ4n) is 2.03. The van der Waals surface area contributed by atoms with Crippen LogP contribution in [0.15, 0.2) is 0 Å². The number of hydrogen-bond donors (Lipinski definition) is 1. The molecule has 8 heteroatoms. The van der Waals surface area contributed by atoms with Crippen molar-refractivity contribution in [3.63, 3.8) is 0 Å². The first-order valence-electron chi connectivity index (χ1n) is 6.53. The van der Waals surface area contributed by atoms with Crippen molar-refractivity contribution in [2.75, 3.05) is 32.7 Å². The normalized spacial score (nSPS) is 19.9. The molecule has 1 saturated heterocycles. The maximum Gasteiger partial charge on any atom is 0.410 e. The summed E-state index contributed by atoms with van der Waals surface area (Å²) in [7, 11) is 0. The second-order valence-electron chi connectivity index (χ2n) is 5.80. The van der Waals surface area contributed by atoms with E-state index in [2.05, 4.69) is 0 Å². The van der Waals surface area contributed by atoms with E-state index in [0.717, 1.165) is 0 Å². The van der Waals surface area contributed by atoms with E-state index < -0.39 is 30.5 Å². The highest BCUT2D eigenvalue weighted by atomic mass is 19.4. The van der Waals surface area contributed by atoms with Gasteiger partial charge in [0.25, 0.3) is 0 Å². The zero-order valence-electron chi connectivity index (χ0n) is 12.0. The molecule has 0 aromatic carbocycles. The number of alkyl halides is 3. The Kier molecular flexibility index (Phi) is 5.26. The first-order valence-corrected chi connectivity index (χ1v) is 6.53. The number of hydrogen-bond acceptors (Lipinski definition) is 4. The molecule has 1 fully saturated rings. The Bertz CT molecular complexity index is 334. The van der Waals surface area contributed by atoms with Crippen molar-refractivity contribution in [1.82, 2.24) is 9.80 Å². The SMILES string of the molecule is CC(C)(C)OC(=O)N1CCN([C@H](CN)C(F)(F)F)CC1. The zero-order chi connectivity index (χ0) is 15.6. The van der Waals surface area contributed by atoms with Gasteiger partial charge in [-0.3, -0.25) is 4.90 Å². The van der Waals surface area contributed by atoms with Crippen LogP contribution >= 0.6 is 0 Å². The predicted octanol–water partition coefficient (Wildman–Crippen LogP) is 1.43. The van der Waals surface area contributed by atoms with E-state index in [-0.39, 0.29) is 26.2 Å². The molecule has 2 N–H and O–H groups in total. The molecule has 1 aliphatic heterocycles. The van der Waals surface area contributed by atoms with Gasteiger partial charge < -0.3 is 15.4 Å². The van der Waals surface area contributed by atoms with Gasteiger partial charge >= 0.3 is 12.3 Å². The van der Waals surface area contributed by atoms with E-state index in [1.807, 2.05) is 0 Å². The van der Waals surface area contributed by atoms with Crippen LogP contribution in [0.1, 0.15) is 20.8 Å². The molecule has 0 aliphatic carbocycles. The molecule has 0 bridgehead atoms. The molecule has 0 aromatic heterocycles. The van der Waals surface area contributed by atoms with Crippen LogP contribution in [0.25, 0.3) is 0 Å². The number of ether oxygens (including phenoxy) is 1. The van der Waals surface area contributed by atoms with Crippen molar-refractivity contribution in [3.8, 4) is 0 Å². The minimum Gasteiger partial charge on any atom is -0.444 e. The molecule has 20 heavy (non-hydrogen) atoms. The van der Waals surface area contributed by atoms with Crippen molar-refractivity contribution in [1.29, 1.82) is 0 Å². The van der Waals surface area contributed by atoms with Gasteiger partial charge in [-0.2, -0.15) is 13.2 Å². The van der Waals surface area contributed by atoms with Crippen LogP contribution < -0.4 is 5.73 Å². The number of amides is 1. The molecule has 1 heterocycles. The highest BCUT2D eigenvalue weighted by Crippen LogP contribution is 2.25. The Morgan fingerprint density at radius 3 is 2.05 bits per heavy atom. The lowest BCUT2D eigenvalue weighted by Crippen LogP contribution is -2.58. The molecule has 118 valence electrons. The second-order valence-corrected chi connectivity index (χ2v) is 5.80. The Labute approximate surface area is 116 Å². The smallest absolute Gasteiger partial charge is 0.410 e. The van der Waals surface area contributed by atoms with Gasteiger partial charge in [0, 0.05) is 32.7 Å². The van der Waals surface area contributed by atoms with E-state index in [1.54, 1.807) is 20.8 Å². The minimum atomic E-state index is -4.34. The summed E-state index contributed by atoms with van der Waals surface area (Å²) in [6, 6.07) is -1.65. The van der Waals surface area contributed by atoms with Crippen molar-refractivity contribution >= 4 is 6.09 Å². The maximum atomic E-state index is 12.8. The molecule has 1 amide bonds. The third-order valence-electron chi connectivity index (χ3n) is 3.01. The molecule has 0 spiro atoms. The van der Waals surface area contributed by atoms with Gasteiger partial charge in [0.15, 0.2) is 0 Å². The van der Waals surface area contributed by atoms with E-state index in [4.69, 9.17) is 10.5 Å². The van der Waals surface area contributed by atoms with Crippen LogP contribution in [0.3, 0.4) is 0 Å². The van der Waals surface area contributed by atoms with Crippen molar-refractivity contribution in [3.05, 3.63) is 0 Å².